The normalized spacial score (nSPS) is 12.2. The van der Waals surface area contributed by atoms with Crippen LogP contribution >= 0.6 is 0 Å². The second-order valence-corrected chi connectivity index (χ2v) is 6.88. The highest BCUT2D eigenvalue weighted by atomic mass is 16.4. The summed E-state index contributed by atoms with van der Waals surface area (Å²) in [7, 11) is 0. The van der Waals surface area contributed by atoms with Gasteiger partial charge in [-0.2, -0.15) is 0 Å². The first-order valence-corrected chi connectivity index (χ1v) is 10.1. The van der Waals surface area contributed by atoms with Gasteiger partial charge in [0.05, 0.1) is 24.4 Å². The standard InChI is InChI=1S/C24H24N2O8/c27-13-17(21(29)15-7-3-1-4-8-15)19(23(31)32)25-11-12-26-20(24(33)34)18(14-28)22(30)16-9-5-2-6-10-16/h1-10,25-28H,11-14H2,(H,31,32)(H,33,34)/b19-17-,20-18-. The molecule has 2 rings (SSSR count). The van der Waals surface area contributed by atoms with E-state index in [2.05, 4.69) is 10.6 Å². The molecule has 0 aromatic heterocycles. The molecule has 6 N–H and O–H groups in total. The fourth-order valence-corrected chi connectivity index (χ4v) is 3.05. The van der Waals surface area contributed by atoms with Gasteiger partial charge >= 0.3 is 11.9 Å². The third kappa shape index (κ3) is 6.61. The van der Waals surface area contributed by atoms with Crippen LogP contribution in [0.25, 0.3) is 0 Å². The number of aliphatic hydroxyl groups is 2. The number of rotatable bonds is 13. The SMILES string of the molecule is O=C(O)/C(NCCN/C(C(=O)O)=C(/CO)C(=O)c1ccccc1)=C(\CO)C(=O)c1ccccc1. The molecule has 178 valence electrons. The van der Waals surface area contributed by atoms with Gasteiger partial charge in [-0.15, -0.1) is 0 Å². The van der Waals surface area contributed by atoms with Crippen LogP contribution in [-0.2, 0) is 9.59 Å². The minimum atomic E-state index is -1.49. The first kappa shape index (κ1) is 26.0. The molecule has 2 aromatic rings. The summed E-state index contributed by atoms with van der Waals surface area (Å²) >= 11 is 0. The number of hydrogen-bond acceptors (Lipinski definition) is 8. The first-order chi connectivity index (χ1) is 16.3. The average Bonchev–Trinajstić information content (AvgIpc) is 2.85. The summed E-state index contributed by atoms with van der Waals surface area (Å²) in [4.78, 5) is 48.6. The molecule has 34 heavy (non-hydrogen) atoms. The molecule has 0 amide bonds. The molecule has 0 radical (unpaired) electrons. The average molecular weight is 468 g/mol. The largest absolute Gasteiger partial charge is 0.477 e. The van der Waals surface area contributed by atoms with Crippen molar-refractivity contribution in [3.05, 3.63) is 94.3 Å². The number of carboxylic acids is 2. The van der Waals surface area contributed by atoms with Crippen molar-refractivity contribution in [3.8, 4) is 0 Å². The molecule has 0 fully saturated rings. The van der Waals surface area contributed by atoms with Crippen LogP contribution in [0.5, 0.6) is 0 Å². The lowest BCUT2D eigenvalue weighted by Gasteiger charge is -2.15. The summed E-state index contributed by atoms with van der Waals surface area (Å²) < 4.78 is 0. The monoisotopic (exact) mass is 468 g/mol. The second kappa shape index (κ2) is 12.7. The van der Waals surface area contributed by atoms with Gasteiger partial charge in [0.2, 0.25) is 0 Å². The number of aliphatic hydroxyl groups excluding tert-OH is 2. The van der Waals surface area contributed by atoms with Crippen LogP contribution in [0.3, 0.4) is 0 Å². The topological polar surface area (TPSA) is 173 Å². The van der Waals surface area contributed by atoms with Crippen molar-refractivity contribution in [1.29, 1.82) is 0 Å². The first-order valence-electron chi connectivity index (χ1n) is 10.1. The summed E-state index contributed by atoms with van der Waals surface area (Å²) in [5.41, 5.74) is -1.45. The van der Waals surface area contributed by atoms with E-state index >= 15 is 0 Å². The molecule has 0 atom stereocenters. The van der Waals surface area contributed by atoms with Crippen molar-refractivity contribution >= 4 is 23.5 Å². The van der Waals surface area contributed by atoms with Gasteiger partial charge in [-0.05, 0) is 0 Å². The minimum Gasteiger partial charge on any atom is -0.477 e. The van der Waals surface area contributed by atoms with Crippen LogP contribution in [0, 0.1) is 0 Å². The number of nitrogens with one attached hydrogen (secondary N) is 2. The maximum absolute atomic E-state index is 12.6. The molecule has 0 heterocycles. The zero-order valence-corrected chi connectivity index (χ0v) is 18.0. The van der Waals surface area contributed by atoms with E-state index in [9.17, 15) is 39.6 Å². The molecule has 0 aliphatic rings. The molecule has 0 aliphatic carbocycles. The molecule has 0 saturated carbocycles. The van der Waals surface area contributed by atoms with Crippen molar-refractivity contribution in [2.45, 2.75) is 0 Å². The number of carbonyl (C=O) groups is 4. The van der Waals surface area contributed by atoms with Crippen LogP contribution in [0.4, 0.5) is 0 Å². The van der Waals surface area contributed by atoms with Crippen molar-refractivity contribution in [2.24, 2.45) is 0 Å². The van der Waals surface area contributed by atoms with Gasteiger partial charge in [0.15, 0.2) is 11.6 Å². The van der Waals surface area contributed by atoms with Crippen molar-refractivity contribution in [1.82, 2.24) is 10.6 Å². The Kier molecular flexibility index (Phi) is 9.69. The number of hydrogen-bond donors (Lipinski definition) is 6. The van der Waals surface area contributed by atoms with Crippen LogP contribution in [-0.4, -0.2) is 70.2 Å². The summed E-state index contributed by atoms with van der Waals surface area (Å²) in [6.45, 7) is -2.03. The van der Waals surface area contributed by atoms with Crippen molar-refractivity contribution in [2.75, 3.05) is 26.3 Å². The third-order valence-corrected chi connectivity index (χ3v) is 4.70. The van der Waals surface area contributed by atoms with E-state index in [1.165, 1.54) is 24.3 Å². The van der Waals surface area contributed by atoms with Gasteiger partial charge in [0.25, 0.3) is 0 Å². The van der Waals surface area contributed by atoms with E-state index in [4.69, 9.17) is 0 Å². The predicted molar refractivity (Wildman–Crippen MR) is 121 cm³/mol. The molecule has 10 nitrogen and oxygen atoms in total. The minimum absolute atomic E-state index is 0.178. The van der Waals surface area contributed by atoms with Gasteiger partial charge < -0.3 is 31.1 Å². The van der Waals surface area contributed by atoms with Gasteiger partial charge in [0, 0.05) is 24.2 Å². The number of carboxylic acid groups (broad SMARTS) is 2. The highest BCUT2D eigenvalue weighted by molar-refractivity contribution is 6.13. The highest BCUT2D eigenvalue weighted by Gasteiger charge is 2.23. The Morgan fingerprint density at radius 1 is 0.588 bits per heavy atom. The summed E-state index contributed by atoms with van der Waals surface area (Å²) in [5.74, 6) is -4.33. The zero-order chi connectivity index (χ0) is 25.1. The summed E-state index contributed by atoms with van der Waals surface area (Å²) in [6.07, 6.45) is 0. The van der Waals surface area contributed by atoms with E-state index in [1.807, 2.05) is 0 Å². The summed E-state index contributed by atoms with van der Waals surface area (Å²) in [5, 5.41) is 43.3. The zero-order valence-electron chi connectivity index (χ0n) is 18.0. The molecule has 0 unspecified atom stereocenters. The van der Waals surface area contributed by atoms with Gasteiger partial charge in [-0.25, -0.2) is 9.59 Å². The van der Waals surface area contributed by atoms with E-state index < -0.39 is 48.1 Å². The number of benzene rings is 2. The highest BCUT2D eigenvalue weighted by Crippen LogP contribution is 2.13. The molecule has 0 aliphatic heterocycles. The quantitative estimate of drug-likeness (QED) is 0.139. The molecule has 0 spiro atoms. The Morgan fingerprint density at radius 2 is 0.912 bits per heavy atom. The van der Waals surface area contributed by atoms with Crippen LogP contribution in [0.15, 0.2) is 83.2 Å². The van der Waals surface area contributed by atoms with Crippen LogP contribution < -0.4 is 10.6 Å². The molecular formula is C24H24N2O8. The Bertz CT molecular complexity index is 1020. The lowest BCUT2D eigenvalue weighted by molar-refractivity contribution is -0.134. The van der Waals surface area contributed by atoms with E-state index in [0.717, 1.165) is 0 Å². The number of aliphatic carboxylic acids is 2. The van der Waals surface area contributed by atoms with Crippen molar-refractivity contribution < 1.29 is 39.6 Å². The number of ketones is 2. The second-order valence-electron chi connectivity index (χ2n) is 6.88. The molecule has 2 aromatic carbocycles. The fraction of sp³-hybridized carbons (Fsp3) is 0.167. The smallest absolute Gasteiger partial charge is 0.352 e. The van der Waals surface area contributed by atoms with E-state index in [1.54, 1.807) is 36.4 Å². The van der Waals surface area contributed by atoms with Crippen LogP contribution in [0.2, 0.25) is 0 Å². The Hall–Kier alpha value is -4.28. The molecular weight excluding hydrogens is 444 g/mol. The lowest BCUT2D eigenvalue weighted by atomic mass is 10.0. The van der Waals surface area contributed by atoms with E-state index in [-0.39, 0.29) is 35.4 Å². The van der Waals surface area contributed by atoms with Crippen molar-refractivity contribution in [3.63, 3.8) is 0 Å². The molecule has 0 bridgehead atoms. The maximum atomic E-state index is 12.6. The van der Waals surface area contributed by atoms with Gasteiger partial charge in [-0.1, -0.05) is 60.7 Å². The lowest BCUT2D eigenvalue weighted by Crippen LogP contribution is -2.34. The van der Waals surface area contributed by atoms with E-state index in [0.29, 0.717) is 0 Å². The van der Waals surface area contributed by atoms with Gasteiger partial charge in [0.1, 0.15) is 11.4 Å². The predicted octanol–water partition coefficient (Wildman–Crippen LogP) is 0.593. The fourth-order valence-electron chi connectivity index (χ4n) is 3.05. The Morgan fingerprint density at radius 3 is 1.18 bits per heavy atom. The van der Waals surface area contributed by atoms with Gasteiger partial charge in [-0.3, -0.25) is 9.59 Å². The Labute approximate surface area is 194 Å². The number of carbonyl (C=O) groups excluding carboxylic acids is 2. The molecule has 10 heteroatoms. The number of Topliss-reactive ketones (excluding diaryl/α,β-unsaturated/α-hetero) is 2. The maximum Gasteiger partial charge on any atom is 0.352 e. The van der Waals surface area contributed by atoms with Crippen LogP contribution in [0.1, 0.15) is 20.7 Å². The molecule has 0 saturated heterocycles. The Balaban J connectivity index is 2.19. The third-order valence-electron chi connectivity index (χ3n) is 4.70. The summed E-state index contributed by atoms with van der Waals surface area (Å²) in [6, 6.07) is 15.6.